The van der Waals surface area contributed by atoms with E-state index in [9.17, 15) is 9.59 Å². The van der Waals surface area contributed by atoms with E-state index in [2.05, 4.69) is 5.32 Å². The fourth-order valence-corrected chi connectivity index (χ4v) is 2.00. The largest absolute Gasteiger partial charge is 0.325 e. The normalized spacial score (nSPS) is 22.3. The second kappa shape index (κ2) is 4.73. The Kier molecular flexibility index (Phi) is 3.26. The van der Waals surface area contributed by atoms with Crippen LogP contribution in [0.4, 0.5) is 4.79 Å². The molecule has 98 valence electrons. The third kappa shape index (κ3) is 2.29. The van der Waals surface area contributed by atoms with E-state index in [0.29, 0.717) is 12.0 Å². The van der Waals surface area contributed by atoms with Crippen LogP contribution in [0.25, 0.3) is 0 Å². The first kappa shape index (κ1) is 13.1. The predicted octanol–water partition coefficient (Wildman–Crippen LogP) is 1.78. The Morgan fingerprint density at radius 1 is 1.32 bits per heavy atom. The molecule has 1 N–H and O–H groups in total. The topological polar surface area (TPSA) is 73.2 Å². The van der Waals surface area contributed by atoms with Crippen molar-refractivity contribution in [2.75, 3.05) is 0 Å². The van der Waals surface area contributed by atoms with Crippen LogP contribution in [0.15, 0.2) is 24.3 Å². The van der Waals surface area contributed by atoms with Crippen molar-refractivity contribution in [1.29, 1.82) is 5.26 Å². The molecule has 19 heavy (non-hydrogen) atoms. The van der Waals surface area contributed by atoms with Gasteiger partial charge >= 0.3 is 6.03 Å². The number of hydrogen-bond donors (Lipinski definition) is 1. The molecule has 1 aromatic rings. The molecular weight excluding hydrogens is 242 g/mol. The van der Waals surface area contributed by atoms with Crippen molar-refractivity contribution in [2.45, 2.75) is 32.4 Å². The molecule has 1 heterocycles. The Morgan fingerprint density at radius 2 is 1.95 bits per heavy atom. The van der Waals surface area contributed by atoms with Crippen LogP contribution in [-0.2, 0) is 11.3 Å². The molecule has 1 saturated heterocycles. The van der Waals surface area contributed by atoms with E-state index in [1.165, 1.54) is 4.90 Å². The van der Waals surface area contributed by atoms with Gasteiger partial charge < -0.3 is 5.32 Å². The molecular formula is C14H15N3O2. The summed E-state index contributed by atoms with van der Waals surface area (Å²) >= 11 is 0. The molecule has 0 saturated carbocycles. The molecule has 0 aromatic heterocycles. The van der Waals surface area contributed by atoms with E-state index in [0.717, 1.165) is 5.56 Å². The fraction of sp³-hybridized carbons (Fsp3) is 0.357. The lowest BCUT2D eigenvalue weighted by atomic mass is 9.99. The van der Waals surface area contributed by atoms with Gasteiger partial charge in [0.05, 0.1) is 18.2 Å². The summed E-state index contributed by atoms with van der Waals surface area (Å²) in [4.78, 5) is 25.2. The van der Waals surface area contributed by atoms with Crippen LogP contribution in [0.3, 0.4) is 0 Å². The number of imide groups is 1. The van der Waals surface area contributed by atoms with Gasteiger partial charge in [-0.15, -0.1) is 0 Å². The molecule has 1 aliphatic rings. The summed E-state index contributed by atoms with van der Waals surface area (Å²) in [7, 11) is 0. The summed E-state index contributed by atoms with van der Waals surface area (Å²) in [6, 6.07) is 8.51. The standard InChI is InChI=1S/C14H15N3O2/c1-3-14(2)12(18)17(13(19)16-14)9-11-6-4-10(8-15)5-7-11/h4-7H,3,9H2,1-2H3,(H,16,19). The molecule has 0 spiro atoms. The Bertz CT molecular complexity index is 559. The van der Waals surface area contributed by atoms with E-state index in [1.807, 2.05) is 13.0 Å². The second-order valence-corrected chi connectivity index (χ2v) is 4.82. The van der Waals surface area contributed by atoms with Crippen molar-refractivity contribution < 1.29 is 9.59 Å². The Morgan fingerprint density at radius 3 is 2.42 bits per heavy atom. The highest BCUT2D eigenvalue weighted by Crippen LogP contribution is 2.22. The van der Waals surface area contributed by atoms with Crippen LogP contribution in [0, 0.1) is 11.3 Å². The molecule has 2 rings (SSSR count). The molecule has 1 unspecified atom stereocenters. The first-order chi connectivity index (χ1) is 9.00. The Labute approximate surface area is 111 Å². The van der Waals surface area contributed by atoms with E-state index in [4.69, 9.17) is 5.26 Å². The van der Waals surface area contributed by atoms with Crippen LogP contribution in [-0.4, -0.2) is 22.4 Å². The molecule has 0 bridgehead atoms. The number of amides is 3. The molecule has 1 aliphatic heterocycles. The molecule has 1 aromatic carbocycles. The highest BCUT2D eigenvalue weighted by atomic mass is 16.2. The summed E-state index contributed by atoms with van der Waals surface area (Å²) in [6.45, 7) is 3.82. The van der Waals surface area contributed by atoms with Crippen LogP contribution in [0.5, 0.6) is 0 Å². The number of nitrogens with zero attached hydrogens (tertiary/aromatic N) is 2. The number of hydrogen-bond acceptors (Lipinski definition) is 3. The van der Waals surface area contributed by atoms with E-state index >= 15 is 0 Å². The van der Waals surface area contributed by atoms with Gasteiger partial charge in [-0.2, -0.15) is 5.26 Å². The zero-order valence-electron chi connectivity index (χ0n) is 10.9. The van der Waals surface area contributed by atoms with Crippen molar-refractivity contribution in [3.63, 3.8) is 0 Å². The molecule has 3 amide bonds. The fourth-order valence-electron chi connectivity index (χ4n) is 2.00. The van der Waals surface area contributed by atoms with Crippen molar-refractivity contribution in [2.24, 2.45) is 0 Å². The van der Waals surface area contributed by atoms with Crippen molar-refractivity contribution in [1.82, 2.24) is 10.2 Å². The maximum Gasteiger partial charge on any atom is 0.325 e. The van der Waals surface area contributed by atoms with Gasteiger partial charge in [-0.3, -0.25) is 9.69 Å². The first-order valence-corrected chi connectivity index (χ1v) is 6.13. The number of urea groups is 1. The quantitative estimate of drug-likeness (QED) is 0.839. The highest BCUT2D eigenvalue weighted by molar-refractivity contribution is 6.06. The van der Waals surface area contributed by atoms with Crippen LogP contribution in [0.2, 0.25) is 0 Å². The van der Waals surface area contributed by atoms with Gasteiger partial charge in [0.25, 0.3) is 5.91 Å². The SMILES string of the molecule is CCC1(C)NC(=O)N(Cc2ccc(C#N)cc2)C1=O. The first-order valence-electron chi connectivity index (χ1n) is 6.13. The van der Waals surface area contributed by atoms with Crippen molar-refractivity contribution >= 4 is 11.9 Å². The molecule has 1 fully saturated rings. The average Bonchev–Trinajstić information content (AvgIpc) is 2.64. The second-order valence-electron chi connectivity index (χ2n) is 4.82. The third-order valence-corrected chi connectivity index (χ3v) is 3.48. The van der Waals surface area contributed by atoms with Crippen molar-refractivity contribution in [3.8, 4) is 6.07 Å². The van der Waals surface area contributed by atoms with E-state index in [-0.39, 0.29) is 18.5 Å². The molecule has 5 heteroatoms. The minimum Gasteiger partial charge on any atom is -0.323 e. The Balaban J connectivity index is 2.17. The average molecular weight is 257 g/mol. The zero-order valence-corrected chi connectivity index (χ0v) is 10.9. The van der Waals surface area contributed by atoms with Crippen LogP contribution in [0.1, 0.15) is 31.4 Å². The Hall–Kier alpha value is -2.35. The summed E-state index contributed by atoms with van der Waals surface area (Å²) < 4.78 is 0. The summed E-state index contributed by atoms with van der Waals surface area (Å²) in [5, 5.41) is 11.4. The minimum absolute atomic E-state index is 0.204. The number of carbonyl (C=O) groups is 2. The molecule has 0 aliphatic carbocycles. The lowest BCUT2D eigenvalue weighted by Crippen LogP contribution is -2.43. The zero-order chi connectivity index (χ0) is 14.0. The highest BCUT2D eigenvalue weighted by Gasteiger charge is 2.46. The van der Waals surface area contributed by atoms with E-state index < -0.39 is 5.54 Å². The third-order valence-electron chi connectivity index (χ3n) is 3.48. The number of benzene rings is 1. The maximum absolute atomic E-state index is 12.2. The van der Waals surface area contributed by atoms with Gasteiger partial charge in [-0.25, -0.2) is 4.79 Å². The monoisotopic (exact) mass is 257 g/mol. The van der Waals surface area contributed by atoms with Crippen molar-refractivity contribution in [3.05, 3.63) is 35.4 Å². The molecule has 0 radical (unpaired) electrons. The number of carbonyl (C=O) groups excluding carboxylic acids is 2. The maximum atomic E-state index is 12.2. The lowest BCUT2D eigenvalue weighted by molar-refractivity contribution is -0.131. The van der Waals surface area contributed by atoms with Crippen LogP contribution >= 0.6 is 0 Å². The van der Waals surface area contributed by atoms with Gasteiger partial charge in [0.2, 0.25) is 0 Å². The minimum atomic E-state index is -0.802. The summed E-state index contributed by atoms with van der Waals surface area (Å²) in [6.07, 6.45) is 0.557. The van der Waals surface area contributed by atoms with Gasteiger partial charge in [-0.05, 0) is 31.0 Å². The van der Waals surface area contributed by atoms with Gasteiger partial charge in [-0.1, -0.05) is 19.1 Å². The molecule has 5 nitrogen and oxygen atoms in total. The number of nitriles is 1. The van der Waals surface area contributed by atoms with E-state index in [1.54, 1.807) is 31.2 Å². The van der Waals surface area contributed by atoms with Gasteiger partial charge in [0.15, 0.2) is 0 Å². The summed E-state index contributed by atoms with van der Waals surface area (Å²) in [5.74, 6) is -0.204. The van der Waals surface area contributed by atoms with Gasteiger partial charge in [0, 0.05) is 0 Å². The lowest BCUT2D eigenvalue weighted by Gasteiger charge is -2.19. The van der Waals surface area contributed by atoms with Crippen LogP contribution < -0.4 is 5.32 Å². The number of nitrogens with one attached hydrogen (secondary N) is 1. The van der Waals surface area contributed by atoms with Gasteiger partial charge in [0.1, 0.15) is 5.54 Å². The smallest absolute Gasteiger partial charge is 0.323 e. The summed E-state index contributed by atoms with van der Waals surface area (Å²) in [5.41, 5.74) is 0.575. The predicted molar refractivity (Wildman–Crippen MR) is 68.9 cm³/mol. The molecule has 1 atom stereocenters. The number of rotatable bonds is 3.